The third-order valence-corrected chi connectivity index (χ3v) is 4.55. The summed E-state index contributed by atoms with van der Waals surface area (Å²) in [7, 11) is -1.19. The topological polar surface area (TPSA) is 37.3 Å². The van der Waals surface area contributed by atoms with Crippen LogP contribution in [0.2, 0.25) is 0 Å². The number of benzene rings is 1. The van der Waals surface area contributed by atoms with E-state index in [4.69, 9.17) is 0 Å². The molecular formula is C13H9O2P. The van der Waals surface area contributed by atoms with Gasteiger partial charge in [-0.1, -0.05) is 36.4 Å². The summed E-state index contributed by atoms with van der Waals surface area (Å²) in [5.41, 5.74) is 0.350. The third-order valence-electron chi connectivity index (χ3n) is 2.78. The van der Waals surface area contributed by atoms with Crippen molar-refractivity contribution >= 4 is 24.0 Å². The minimum atomic E-state index is -1.19. The average Bonchev–Trinajstić information content (AvgIpc) is 2.67. The zero-order valence-electron chi connectivity index (χ0n) is 8.42. The van der Waals surface area contributed by atoms with E-state index in [9.17, 15) is 9.90 Å². The van der Waals surface area contributed by atoms with E-state index in [1.807, 2.05) is 42.5 Å². The zero-order chi connectivity index (χ0) is 11.1. The summed E-state index contributed by atoms with van der Waals surface area (Å²) in [4.78, 5) is 11.2. The van der Waals surface area contributed by atoms with E-state index in [2.05, 4.69) is 0 Å². The number of carbonyl (C=O) groups is 1. The van der Waals surface area contributed by atoms with Gasteiger partial charge in [0.15, 0.2) is 0 Å². The molecule has 1 aliphatic carbocycles. The molecule has 2 nitrogen and oxygen atoms in total. The van der Waals surface area contributed by atoms with E-state index in [0.29, 0.717) is 0 Å². The van der Waals surface area contributed by atoms with Crippen LogP contribution in [0.5, 0.6) is 0 Å². The average molecular weight is 228 g/mol. The van der Waals surface area contributed by atoms with Crippen molar-refractivity contribution in [3.63, 3.8) is 0 Å². The van der Waals surface area contributed by atoms with Crippen LogP contribution in [0.3, 0.4) is 0 Å². The highest BCUT2D eigenvalue weighted by molar-refractivity contribution is 7.69. The smallest absolute Gasteiger partial charge is 0.349 e. The van der Waals surface area contributed by atoms with Crippen molar-refractivity contribution in [2.24, 2.45) is 0 Å². The SMILES string of the molecule is O=C(O)p1cccc2c3ccccc3cc1-2. The standard InChI is InChI=1S/C13H9O2P/c14-13(15)16-7-3-6-11-10-5-2-1-4-9(10)8-12(11)16/h1-8H,(H,14,15). The first-order chi connectivity index (χ1) is 7.77. The lowest BCUT2D eigenvalue weighted by atomic mass is 10.2. The lowest BCUT2D eigenvalue weighted by Gasteiger charge is -2.03. The van der Waals surface area contributed by atoms with Crippen LogP contribution in [0.1, 0.15) is 0 Å². The van der Waals surface area contributed by atoms with Crippen LogP contribution >= 0.6 is 7.53 Å². The fourth-order valence-corrected chi connectivity index (χ4v) is 3.56. The molecule has 0 spiro atoms. The molecule has 0 amide bonds. The van der Waals surface area contributed by atoms with Crippen molar-refractivity contribution in [3.05, 3.63) is 48.3 Å². The molecule has 1 aromatic rings. The first-order valence-electron chi connectivity index (χ1n) is 4.99. The molecule has 0 aromatic heterocycles. The Kier molecular flexibility index (Phi) is 1.98. The van der Waals surface area contributed by atoms with Gasteiger partial charge in [0.05, 0.1) is 0 Å². The highest BCUT2D eigenvalue weighted by Gasteiger charge is 2.15. The van der Waals surface area contributed by atoms with E-state index in [1.54, 1.807) is 5.80 Å². The summed E-state index contributed by atoms with van der Waals surface area (Å²) in [5, 5.41) is 12.4. The van der Waals surface area contributed by atoms with Crippen molar-refractivity contribution in [2.75, 3.05) is 0 Å². The largest absolute Gasteiger partial charge is 0.475 e. The predicted octanol–water partition coefficient (Wildman–Crippen LogP) is 4.46. The number of rotatable bonds is 1. The van der Waals surface area contributed by atoms with E-state index in [-0.39, 0.29) is 0 Å². The quantitative estimate of drug-likeness (QED) is 0.667. The molecular weight excluding hydrogens is 219 g/mol. The third kappa shape index (κ3) is 1.24. The molecule has 1 heterocycles. The van der Waals surface area contributed by atoms with Gasteiger partial charge in [0.2, 0.25) is 0 Å². The maximum atomic E-state index is 11.2. The maximum Gasteiger partial charge on any atom is 0.349 e. The van der Waals surface area contributed by atoms with Crippen molar-refractivity contribution in [1.82, 2.24) is 0 Å². The number of hydrogen-bond donors (Lipinski definition) is 1. The number of carboxylic acid groups (broad SMARTS) is 1. The van der Waals surface area contributed by atoms with Crippen LogP contribution in [0, 0.1) is 0 Å². The van der Waals surface area contributed by atoms with Crippen LogP contribution in [-0.4, -0.2) is 10.8 Å². The minimum absolute atomic E-state index is 0.726. The Hall–Kier alpha value is -1.79. The van der Waals surface area contributed by atoms with Crippen molar-refractivity contribution in [2.45, 2.75) is 0 Å². The molecule has 1 N–H and O–H groups in total. The van der Waals surface area contributed by atoms with Gasteiger partial charge in [0.25, 0.3) is 0 Å². The van der Waals surface area contributed by atoms with Crippen molar-refractivity contribution in [3.8, 4) is 10.9 Å². The molecule has 0 radical (unpaired) electrons. The van der Waals surface area contributed by atoms with Gasteiger partial charge in [-0.3, -0.25) is 0 Å². The van der Waals surface area contributed by atoms with Crippen molar-refractivity contribution < 1.29 is 9.90 Å². The molecule has 1 unspecified atom stereocenters. The summed E-state index contributed by atoms with van der Waals surface area (Å²) in [6.45, 7) is 0. The maximum absolute atomic E-state index is 11.2. The first kappa shape index (κ1) is 9.44. The predicted molar refractivity (Wildman–Crippen MR) is 66.7 cm³/mol. The second-order valence-corrected chi connectivity index (χ2v) is 5.59. The monoisotopic (exact) mass is 228 g/mol. The molecule has 2 aliphatic rings. The van der Waals surface area contributed by atoms with Gasteiger partial charge in [-0.05, 0) is 35.7 Å². The lowest BCUT2D eigenvalue weighted by molar-refractivity contribution is 0.221. The second kappa shape index (κ2) is 3.36. The van der Waals surface area contributed by atoms with Gasteiger partial charge in [-0.15, -0.1) is 0 Å². The molecule has 0 saturated heterocycles. The Bertz CT molecular complexity index is 654. The first-order valence-corrected chi connectivity index (χ1v) is 6.40. The number of fused-ring (bicyclic) bond motifs is 3. The highest BCUT2D eigenvalue weighted by atomic mass is 31.1. The van der Waals surface area contributed by atoms with Gasteiger partial charge < -0.3 is 5.11 Å². The number of hydrogen-bond acceptors (Lipinski definition) is 1. The fourth-order valence-electron chi connectivity index (χ4n) is 2.08. The van der Waals surface area contributed by atoms with Crippen LogP contribution in [-0.2, 0) is 0 Å². The molecule has 1 aliphatic heterocycles. The highest BCUT2D eigenvalue weighted by Crippen LogP contribution is 2.46. The van der Waals surface area contributed by atoms with Crippen LogP contribution in [0.4, 0.5) is 4.79 Å². The minimum Gasteiger partial charge on any atom is -0.475 e. The molecule has 0 fully saturated rings. The fraction of sp³-hybridized carbons (Fsp3) is 0. The van der Waals surface area contributed by atoms with Crippen LogP contribution in [0.25, 0.3) is 21.6 Å². The second-order valence-electron chi connectivity index (χ2n) is 3.69. The summed E-state index contributed by atoms with van der Waals surface area (Å²) < 4.78 is 0. The summed E-state index contributed by atoms with van der Waals surface area (Å²) in [5.74, 6) is 1.79. The van der Waals surface area contributed by atoms with Gasteiger partial charge in [-0.25, -0.2) is 4.79 Å². The van der Waals surface area contributed by atoms with E-state index in [1.165, 1.54) is 0 Å². The van der Waals surface area contributed by atoms with E-state index in [0.717, 1.165) is 21.6 Å². The van der Waals surface area contributed by atoms with Gasteiger partial charge >= 0.3 is 5.71 Å². The van der Waals surface area contributed by atoms with Gasteiger partial charge in [0, 0.05) is 5.30 Å². The zero-order valence-corrected chi connectivity index (χ0v) is 9.32. The lowest BCUT2D eigenvalue weighted by Crippen LogP contribution is -1.83. The Labute approximate surface area is 93.5 Å². The molecule has 3 rings (SSSR count). The van der Waals surface area contributed by atoms with Gasteiger partial charge in [-0.2, -0.15) is 0 Å². The summed E-state index contributed by atoms with van der Waals surface area (Å²) in [6.07, 6.45) is 0. The Morgan fingerprint density at radius 1 is 1.12 bits per heavy atom. The molecule has 3 heteroatoms. The van der Waals surface area contributed by atoms with E-state index >= 15 is 0 Å². The Morgan fingerprint density at radius 3 is 2.75 bits per heavy atom. The summed E-state index contributed by atoms with van der Waals surface area (Å²) in [6, 6.07) is 13.9. The molecule has 1 aromatic carbocycles. The van der Waals surface area contributed by atoms with E-state index < -0.39 is 13.2 Å². The van der Waals surface area contributed by atoms with Gasteiger partial charge in [0.1, 0.15) is 0 Å². The Balaban J connectivity index is 2.45. The molecule has 0 saturated carbocycles. The molecule has 0 bridgehead atoms. The molecule has 78 valence electrons. The summed E-state index contributed by atoms with van der Waals surface area (Å²) >= 11 is 0. The Morgan fingerprint density at radius 2 is 1.94 bits per heavy atom. The molecule has 1 atom stereocenters. The van der Waals surface area contributed by atoms with Crippen LogP contribution < -0.4 is 0 Å². The molecule has 16 heavy (non-hydrogen) atoms. The normalized spacial score (nSPS) is 12.1. The van der Waals surface area contributed by atoms with Crippen molar-refractivity contribution in [1.29, 1.82) is 0 Å². The van der Waals surface area contributed by atoms with Crippen LogP contribution in [0.15, 0.2) is 48.3 Å².